The lowest BCUT2D eigenvalue weighted by Crippen LogP contribution is -2.07. The predicted molar refractivity (Wildman–Crippen MR) is 84.3 cm³/mol. The molecule has 0 fully saturated rings. The molecule has 2 rings (SSSR count). The number of aromatic hydroxyl groups is 1. The second-order valence-corrected chi connectivity index (χ2v) is 4.75. The van der Waals surface area contributed by atoms with Crippen LogP contribution in [0.4, 0.5) is 5.69 Å². The molecule has 2 N–H and O–H groups in total. The van der Waals surface area contributed by atoms with Crippen molar-refractivity contribution in [1.29, 1.82) is 0 Å². The minimum atomic E-state index is -0.0435. The van der Waals surface area contributed by atoms with Crippen LogP contribution in [0.15, 0.2) is 42.5 Å². The second-order valence-electron chi connectivity index (χ2n) is 4.75. The Morgan fingerprint density at radius 2 is 1.76 bits per heavy atom. The molecule has 0 heterocycles. The molecule has 0 amide bonds. The molecule has 112 valence electrons. The van der Waals surface area contributed by atoms with Gasteiger partial charge in [0.2, 0.25) is 0 Å². The van der Waals surface area contributed by atoms with Crippen molar-refractivity contribution >= 4 is 5.69 Å². The molecule has 4 nitrogen and oxygen atoms in total. The van der Waals surface area contributed by atoms with Gasteiger partial charge in [0.1, 0.15) is 17.2 Å². The van der Waals surface area contributed by atoms with E-state index in [0.29, 0.717) is 6.61 Å². The molecule has 0 aliphatic rings. The highest BCUT2D eigenvalue weighted by molar-refractivity contribution is 5.50. The van der Waals surface area contributed by atoms with Crippen LogP contribution in [-0.4, -0.2) is 18.8 Å². The third-order valence-electron chi connectivity index (χ3n) is 3.25. The summed E-state index contributed by atoms with van der Waals surface area (Å²) in [6, 6.07) is 12.9. The molecule has 0 radical (unpaired) electrons. The Bertz CT molecular complexity index is 581. The normalized spacial score (nSPS) is 11.8. The maximum Gasteiger partial charge on any atom is 0.121 e. The predicted octanol–water partition coefficient (Wildman–Crippen LogP) is 3.97. The van der Waals surface area contributed by atoms with Gasteiger partial charge in [0.05, 0.1) is 19.8 Å². The van der Waals surface area contributed by atoms with Gasteiger partial charge >= 0.3 is 0 Å². The van der Waals surface area contributed by atoms with Crippen molar-refractivity contribution in [2.75, 3.05) is 19.0 Å². The lowest BCUT2D eigenvalue weighted by molar-refractivity contribution is 0.340. The fourth-order valence-electron chi connectivity index (χ4n) is 2.15. The lowest BCUT2D eigenvalue weighted by Gasteiger charge is -2.18. The van der Waals surface area contributed by atoms with Crippen molar-refractivity contribution in [1.82, 2.24) is 0 Å². The number of nitrogens with one attached hydrogen (secondary N) is 1. The van der Waals surface area contributed by atoms with E-state index < -0.39 is 0 Å². The van der Waals surface area contributed by atoms with E-state index in [4.69, 9.17) is 9.47 Å². The summed E-state index contributed by atoms with van der Waals surface area (Å²) in [6.45, 7) is 4.60. The van der Waals surface area contributed by atoms with Crippen LogP contribution in [0.25, 0.3) is 0 Å². The first-order valence-corrected chi connectivity index (χ1v) is 7.00. The van der Waals surface area contributed by atoms with Crippen molar-refractivity contribution in [3.05, 3.63) is 48.0 Å². The smallest absolute Gasteiger partial charge is 0.121 e. The molecule has 0 bridgehead atoms. The van der Waals surface area contributed by atoms with Gasteiger partial charge in [-0.15, -0.1) is 0 Å². The van der Waals surface area contributed by atoms with Gasteiger partial charge < -0.3 is 19.9 Å². The molecular formula is C17H21NO3. The number of hydrogen-bond donors (Lipinski definition) is 2. The first kappa shape index (κ1) is 15.0. The highest BCUT2D eigenvalue weighted by Crippen LogP contribution is 2.30. The molecule has 0 aliphatic carbocycles. The zero-order valence-corrected chi connectivity index (χ0v) is 12.6. The van der Waals surface area contributed by atoms with Crippen molar-refractivity contribution in [3.8, 4) is 17.2 Å². The lowest BCUT2D eigenvalue weighted by atomic mass is 10.1. The summed E-state index contributed by atoms with van der Waals surface area (Å²) in [7, 11) is 1.61. The number of ether oxygens (including phenoxy) is 2. The Kier molecular flexibility index (Phi) is 4.93. The van der Waals surface area contributed by atoms with Gasteiger partial charge in [-0.05, 0) is 56.3 Å². The molecule has 2 aromatic rings. The fourth-order valence-corrected chi connectivity index (χ4v) is 2.15. The van der Waals surface area contributed by atoms with Crippen LogP contribution >= 0.6 is 0 Å². The quantitative estimate of drug-likeness (QED) is 0.844. The maximum absolute atomic E-state index is 9.98. The van der Waals surface area contributed by atoms with Crippen LogP contribution in [-0.2, 0) is 0 Å². The fraction of sp³-hybridized carbons (Fsp3) is 0.294. The zero-order valence-electron chi connectivity index (χ0n) is 12.6. The van der Waals surface area contributed by atoms with Gasteiger partial charge in [0.25, 0.3) is 0 Å². The van der Waals surface area contributed by atoms with Crippen LogP contribution in [0.3, 0.4) is 0 Å². The second kappa shape index (κ2) is 6.88. The van der Waals surface area contributed by atoms with Crippen LogP contribution in [0.2, 0.25) is 0 Å². The van der Waals surface area contributed by atoms with Gasteiger partial charge in [0.15, 0.2) is 0 Å². The van der Waals surface area contributed by atoms with E-state index in [0.717, 1.165) is 22.7 Å². The molecule has 0 saturated heterocycles. The Morgan fingerprint density at radius 3 is 2.38 bits per heavy atom. The van der Waals surface area contributed by atoms with Crippen LogP contribution in [0.1, 0.15) is 25.5 Å². The Labute approximate surface area is 125 Å². The Hall–Kier alpha value is -2.36. The summed E-state index contributed by atoms with van der Waals surface area (Å²) in [5.41, 5.74) is 1.76. The van der Waals surface area contributed by atoms with E-state index in [2.05, 4.69) is 5.32 Å². The molecule has 0 saturated carbocycles. The topological polar surface area (TPSA) is 50.7 Å². The van der Waals surface area contributed by atoms with Crippen LogP contribution < -0.4 is 14.8 Å². The van der Waals surface area contributed by atoms with E-state index in [1.54, 1.807) is 19.2 Å². The van der Waals surface area contributed by atoms with Crippen molar-refractivity contribution in [2.45, 2.75) is 19.9 Å². The van der Waals surface area contributed by atoms with Crippen LogP contribution in [0, 0.1) is 0 Å². The van der Waals surface area contributed by atoms with Gasteiger partial charge in [-0.3, -0.25) is 0 Å². The monoisotopic (exact) mass is 287 g/mol. The summed E-state index contributed by atoms with van der Waals surface area (Å²) in [5, 5.41) is 13.3. The van der Waals surface area contributed by atoms with Gasteiger partial charge in [-0.25, -0.2) is 0 Å². The molecular weight excluding hydrogens is 266 g/mol. The largest absolute Gasteiger partial charge is 0.508 e. The van der Waals surface area contributed by atoms with E-state index in [-0.39, 0.29) is 11.8 Å². The average molecular weight is 287 g/mol. The highest BCUT2D eigenvalue weighted by Gasteiger charge is 2.11. The summed E-state index contributed by atoms with van der Waals surface area (Å²) in [6.07, 6.45) is 0. The van der Waals surface area contributed by atoms with E-state index in [1.807, 2.05) is 44.2 Å². The van der Waals surface area contributed by atoms with Crippen molar-refractivity contribution in [2.24, 2.45) is 0 Å². The summed E-state index contributed by atoms with van der Waals surface area (Å²) < 4.78 is 10.6. The Balaban J connectivity index is 2.11. The number of hydrogen-bond acceptors (Lipinski definition) is 4. The van der Waals surface area contributed by atoms with Crippen molar-refractivity contribution in [3.63, 3.8) is 0 Å². The first-order valence-electron chi connectivity index (χ1n) is 7.00. The maximum atomic E-state index is 9.98. The zero-order chi connectivity index (χ0) is 15.2. The minimum absolute atomic E-state index is 0.0435. The summed E-state index contributed by atoms with van der Waals surface area (Å²) in [5.74, 6) is 1.82. The number of anilines is 1. The number of methoxy groups -OCH3 is 1. The molecule has 0 aromatic heterocycles. The number of rotatable bonds is 6. The van der Waals surface area contributed by atoms with E-state index in [9.17, 15) is 5.11 Å². The van der Waals surface area contributed by atoms with Gasteiger partial charge in [-0.1, -0.05) is 0 Å². The molecule has 0 aliphatic heterocycles. The molecule has 2 aromatic carbocycles. The van der Waals surface area contributed by atoms with Gasteiger partial charge in [0, 0.05) is 11.3 Å². The third-order valence-corrected chi connectivity index (χ3v) is 3.25. The number of phenols is 1. The molecule has 0 spiro atoms. The van der Waals surface area contributed by atoms with Crippen LogP contribution in [0.5, 0.6) is 17.2 Å². The molecule has 1 atom stereocenters. The summed E-state index contributed by atoms with van der Waals surface area (Å²) >= 11 is 0. The SMILES string of the molecule is CCOc1ccc(NC(C)c2cc(OC)ccc2O)cc1. The first-order chi connectivity index (χ1) is 10.1. The standard InChI is InChI=1S/C17H21NO3/c1-4-21-14-7-5-13(6-8-14)18-12(2)16-11-15(20-3)9-10-17(16)19/h5-12,18-19H,4H2,1-3H3. The molecule has 21 heavy (non-hydrogen) atoms. The number of phenolic OH excluding ortho intramolecular Hbond substituents is 1. The molecule has 1 unspecified atom stereocenters. The van der Waals surface area contributed by atoms with Gasteiger partial charge in [-0.2, -0.15) is 0 Å². The third kappa shape index (κ3) is 3.81. The number of benzene rings is 2. The average Bonchev–Trinajstić information content (AvgIpc) is 2.50. The minimum Gasteiger partial charge on any atom is -0.508 e. The van der Waals surface area contributed by atoms with E-state index >= 15 is 0 Å². The van der Waals surface area contributed by atoms with E-state index in [1.165, 1.54) is 0 Å². The summed E-state index contributed by atoms with van der Waals surface area (Å²) in [4.78, 5) is 0. The molecule has 4 heteroatoms. The highest BCUT2D eigenvalue weighted by atomic mass is 16.5. The Morgan fingerprint density at radius 1 is 1.10 bits per heavy atom. The van der Waals surface area contributed by atoms with Crippen molar-refractivity contribution < 1.29 is 14.6 Å².